The lowest BCUT2D eigenvalue weighted by Crippen LogP contribution is -1.97. The molecule has 0 saturated carbocycles. The highest BCUT2D eigenvalue weighted by Gasteiger charge is 2.23. The quantitative estimate of drug-likeness (QED) is 0.631. The van der Waals surface area contributed by atoms with Gasteiger partial charge in [-0.15, -0.1) is 0 Å². The summed E-state index contributed by atoms with van der Waals surface area (Å²) < 4.78 is 15.4. The van der Waals surface area contributed by atoms with E-state index in [0.717, 1.165) is 0 Å². The second-order valence-electron chi connectivity index (χ2n) is 4.18. The second-order valence-corrected chi connectivity index (χ2v) is 4.18. The van der Waals surface area contributed by atoms with Crippen LogP contribution < -0.4 is 9.47 Å². The standard InChI is InChI=1S/C13H14N2O5/c1-7-13(8(2)20-14-7)9-5-10(15(16)17)12(19-4)6-11(9)18-3/h5-6H,1-4H3. The average molecular weight is 278 g/mol. The van der Waals surface area contributed by atoms with Crippen LogP contribution in [0, 0.1) is 24.0 Å². The normalized spacial score (nSPS) is 10.4. The van der Waals surface area contributed by atoms with Crippen molar-refractivity contribution in [3.05, 3.63) is 33.7 Å². The molecular weight excluding hydrogens is 264 g/mol. The Morgan fingerprint density at radius 3 is 2.30 bits per heavy atom. The van der Waals surface area contributed by atoms with Gasteiger partial charge in [-0.1, -0.05) is 5.16 Å². The minimum absolute atomic E-state index is 0.136. The smallest absolute Gasteiger partial charge is 0.311 e. The number of methoxy groups -OCH3 is 2. The zero-order chi connectivity index (χ0) is 14.9. The molecular formula is C13H14N2O5. The van der Waals surface area contributed by atoms with Crippen molar-refractivity contribution < 1.29 is 18.9 Å². The minimum atomic E-state index is -0.500. The van der Waals surface area contributed by atoms with Gasteiger partial charge in [0.1, 0.15) is 11.5 Å². The van der Waals surface area contributed by atoms with E-state index in [-0.39, 0.29) is 11.4 Å². The molecule has 1 aromatic carbocycles. The van der Waals surface area contributed by atoms with Gasteiger partial charge in [-0.2, -0.15) is 0 Å². The van der Waals surface area contributed by atoms with Gasteiger partial charge < -0.3 is 14.0 Å². The number of rotatable bonds is 4. The van der Waals surface area contributed by atoms with Gasteiger partial charge in [0.15, 0.2) is 0 Å². The Morgan fingerprint density at radius 2 is 1.85 bits per heavy atom. The third-order valence-corrected chi connectivity index (χ3v) is 3.00. The fraction of sp³-hybridized carbons (Fsp3) is 0.308. The molecule has 0 radical (unpaired) electrons. The summed E-state index contributed by atoms with van der Waals surface area (Å²) in [5.74, 6) is 1.17. The Kier molecular flexibility index (Phi) is 3.60. The van der Waals surface area contributed by atoms with Crippen molar-refractivity contribution >= 4 is 5.69 Å². The first-order valence-corrected chi connectivity index (χ1v) is 5.83. The summed E-state index contributed by atoms with van der Waals surface area (Å²) in [6.45, 7) is 3.51. The van der Waals surface area contributed by atoms with Gasteiger partial charge >= 0.3 is 5.69 Å². The van der Waals surface area contributed by atoms with Crippen LogP contribution in [0.4, 0.5) is 5.69 Å². The van der Waals surface area contributed by atoms with E-state index in [1.54, 1.807) is 13.8 Å². The van der Waals surface area contributed by atoms with Crippen molar-refractivity contribution in [2.24, 2.45) is 0 Å². The van der Waals surface area contributed by atoms with Crippen LogP contribution in [-0.2, 0) is 0 Å². The fourth-order valence-electron chi connectivity index (χ4n) is 2.09. The first-order valence-electron chi connectivity index (χ1n) is 5.83. The highest BCUT2D eigenvalue weighted by Crippen LogP contribution is 2.41. The van der Waals surface area contributed by atoms with E-state index < -0.39 is 4.92 Å². The monoisotopic (exact) mass is 278 g/mol. The van der Waals surface area contributed by atoms with Crippen molar-refractivity contribution in [2.75, 3.05) is 14.2 Å². The summed E-state index contributed by atoms with van der Waals surface area (Å²) in [7, 11) is 2.86. The number of aromatic nitrogens is 1. The maximum atomic E-state index is 11.1. The molecule has 0 N–H and O–H groups in total. The molecule has 1 heterocycles. The lowest BCUT2D eigenvalue weighted by atomic mass is 10.0. The molecule has 0 aliphatic rings. The summed E-state index contributed by atoms with van der Waals surface area (Å²) in [6.07, 6.45) is 0. The number of hydrogen-bond donors (Lipinski definition) is 0. The number of ether oxygens (including phenoxy) is 2. The molecule has 0 unspecified atom stereocenters. The van der Waals surface area contributed by atoms with E-state index >= 15 is 0 Å². The van der Waals surface area contributed by atoms with Crippen molar-refractivity contribution in [3.63, 3.8) is 0 Å². The van der Waals surface area contributed by atoms with Crippen LogP contribution in [0.2, 0.25) is 0 Å². The van der Waals surface area contributed by atoms with Crippen molar-refractivity contribution in [3.8, 4) is 22.6 Å². The molecule has 2 aromatic rings. The first-order chi connectivity index (χ1) is 9.49. The average Bonchev–Trinajstić information content (AvgIpc) is 2.76. The van der Waals surface area contributed by atoms with Gasteiger partial charge in [-0.25, -0.2) is 0 Å². The lowest BCUT2D eigenvalue weighted by molar-refractivity contribution is -0.385. The molecule has 20 heavy (non-hydrogen) atoms. The van der Waals surface area contributed by atoms with Gasteiger partial charge in [-0.05, 0) is 13.8 Å². The molecule has 7 heteroatoms. The van der Waals surface area contributed by atoms with E-state index in [9.17, 15) is 10.1 Å². The predicted molar refractivity (Wildman–Crippen MR) is 71.2 cm³/mol. The molecule has 0 saturated heterocycles. The van der Waals surface area contributed by atoms with E-state index in [4.69, 9.17) is 14.0 Å². The molecule has 0 amide bonds. The topological polar surface area (TPSA) is 87.6 Å². The Balaban J connectivity index is 2.75. The molecule has 7 nitrogen and oxygen atoms in total. The van der Waals surface area contributed by atoms with Crippen LogP contribution >= 0.6 is 0 Å². The van der Waals surface area contributed by atoms with Crippen molar-refractivity contribution in [1.29, 1.82) is 0 Å². The Labute approximate surface area is 115 Å². The highest BCUT2D eigenvalue weighted by atomic mass is 16.6. The van der Waals surface area contributed by atoms with Crippen LogP contribution in [0.25, 0.3) is 11.1 Å². The second kappa shape index (κ2) is 5.20. The van der Waals surface area contributed by atoms with Crippen LogP contribution in [0.3, 0.4) is 0 Å². The number of benzene rings is 1. The third-order valence-electron chi connectivity index (χ3n) is 3.00. The van der Waals surface area contributed by atoms with Crippen LogP contribution in [0.1, 0.15) is 11.5 Å². The summed E-state index contributed by atoms with van der Waals surface area (Å²) in [4.78, 5) is 10.6. The molecule has 1 aromatic heterocycles. The fourth-order valence-corrected chi connectivity index (χ4v) is 2.09. The number of nitrogens with zero attached hydrogens (tertiary/aromatic N) is 2. The van der Waals surface area contributed by atoms with Crippen LogP contribution in [0.5, 0.6) is 11.5 Å². The zero-order valence-corrected chi connectivity index (χ0v) is 11.6. The molecule has 0 atom stereocenters. The third kappa shape index (κ3) is 2.18. The van der Waals surface area contributed by atoms with Gasteiger partial charge in [0, 0.05) is 17.7 Å². The zero-order valence-electron chi connectivity index (χ0n) is 11.6. The van der Waals surface area contributed by atoms with Crippen molar-refractivity contribution in [1.82, 2.24) is 5.16 Å². The Hall–Kier alpha value is -2.57. The van der Waals surface area contributed by atoms with Gasteiger partial charge in [0.05, 0.1) is 30.4 Å². The van der Waals surface area contributed by atoms with Gasteiger partial charge in [-0.3, -0.25) is 10.1 Å². The van der Waals surface area contributed by atoms with E-state index in [1.165, 1.54) is 26.4 Å². The van der Waals surface area contributed by atoms with Gasteiger partial charge in [0.2, 0.25) is 5.75 Å². The molecule has 2 rings (SSSR count). The summed E-state index contributed by atoms with van der Waals surface area (Å²) in [5.41, 5.74) is 1.74. The van der Waals surface area contributed by atoms with Crippen LogP contribution in [0.15, 0.2) is 16.7 Å². The van der Waals surface area contributed by atoms with E-state index in [1.807, 2.05) is 0 Å². The van der Waals surface area contributed by atoms with E-state index in [0.29, 0.717) is 28.3 Å². The summed E-state index contributed by atoms with van der Waals surface area (Å²) >= 11 is 0. The molecule has 0 aliphatic heterocycles. The number of nitro benzene ring substituents is 1. The largest absolute Gasteiger partial charge is 0.496 e. The number of aryl methyl sites for hydroxylation is 2. The van der Waals surface area contributed by atoms with Crippen molar-refractivity contribution in [2.45, 2.75) is 13.8 Å². The molecule has 0 fully saturated rings. The summed E-state index contributed by atoms with van der Waals surface area (Å²) in [6, 6.07) is 2.89. The number of hydrogen-bond acceptors (Lipinski definition) is 6. The number of nitro groups is 1. The molecule has 106 valence electrons. The Bertz CT molecular complexity index is 644. The minimum Gasteiger partial charge on any atom is -0.496 e. The highest BCUT2D eigenvalue weighted by molar-refractivity contribution is 5.78. The Morgan fingerprint density at radius 1 is 1.20 bits per heavy atom. The van der Waals surface area contributed by atoms with Gasteiger partial charge in [0.25, 0.3) is 0 Å². The lowest BCUT2D eigenvalue weighted by Gasteiger charge is -2.10. The molecule has 0 aliphatic carbocycles. The predicted octanol–water partition coefficient (Wildman–Crippen LogP) is 2.88. The molecule has 0 spiro atoms. The van der Waals surface area contributed by atoms with Crippen LogP contribution in [-0.4, -0.2) is 24.3 Å². The molecule has 0 bridgehead atoms. The van der Waals surface area contributed by atoms with E-state index in [2.05, 4.69) is 5.16 Å². The first kappa shape index (κ1) is 13.9. The maximum Gasteiger partial charge on any atom is 0.311 e. The maximum absolute atomic E-state index is 11.1. The summed E-state index contributed by atoms with van der Waals surface area (Å²) in [5, 5.41) is 15.0. The SMILES string of the molecule is COc1cc(OC)c([N+](=O)[O-])cc1-c1c(C)noc1C.